The minimum absolute atomic E-state index is 0.00344. The lowest BCUT2D eigenvalue weighted by Crippen LogP contribution is -2.60. The molecule has 7 aromatic rings. The first-order valence-electron chi connectivity index (χ1n) is 46.4. The molecule has 6 aromatic heterocycles. The molecule has 35 nitrogen and oxygen atoms in total. The van der Waals surface area contributed by atoms with Crippen LogP contribution in [-0.2, 0) is 80.1 Å². The molecule has 4 amide bonds. The second-order valence-electron chi connectivity index (χ2n) is 36.6. The number of ketones is 3. The minimum atomic E-state index is -2.48. The number of anilines is 5. The number of allylic oxidation sites excluding steroid dienone is 6. The summed E-state index contributed by atoms with van der Waals surface area (Å²) in [6.07, 6.45) is 25.5. The van der Waals surface area contributed by atoms with E-state index >= 15 is 0 Å². The van der Waals surface area contributed by atoms with Crippen molar-refractivity contribution < 1.29 is 72.3 Å². The number of fused-ring (bicyclic) bond motifs is 6. The highest BCUT2D eigenvalue weighted by Crippen LogP contribution is 2.39. The highest BCUT2D eigenvalue weighted by molar-refractivity contribution is 6.39. The van der Waals surface area contributed by atoms with Gasteiger partial charge < -0.3 is 84.2 Å². The monoisotopic (exact) mass is 1810 g/mol. The summed E-state index contributed by atoms with van der Waals surface area (Å²) in [5.41, 5.74) is 15.1. The smallest absolute Gasteiger partial charge is 0.410 e. The molecule has 7 N–H and O–H groups in total. The molecule has 7 aliphatic heterocycles. The summed E-state index contributed by atoms with van der Waals surface area (Å²) in [6.45, 7) is 17.0. The van der Waals surface area contributed by atoms with Crippen molar-refractivity contribution in [1.82, 2.24) is 69.4 Å². The molecule has 4 saturated heterocycles. The number of carbonyl (C=O) groups is 8. The lowest BCUT2D eigenvalue weighted by molar-refractivity contribution is -0.265. The van der Waals surface area contributed by atoms with Crippen molar-refractivity contribution in [2.75, 3.05) is 112 Å². The third-order valence-corrected chi connectivity index (χ3v) is 27.5. The van der Waals surface area contributed by atoms with E-state index < -0.39 is 84.0 Å². The van der Waals surface area contributed by atoms with Crippen LogP contribution in [0.5, 0.6) is 0 Å². The van der Waals surface area contributed by atoms with Crippen LogP contribution >= 0.6 is 0 Å². The Labute approximate surface area is 768 Å². The maximum atomic E-state index is 14.7. The number of amides is 4. The number of carbonyl (C=O) groups excluding carboxylic acids is 8. The molecular weight excluding hydrogens is 1690 g/mol. The number of nitrogens with one attached hydrogen (secondary N) is 3. The maximum absolute atomic E-state index is 14.7. The normalized spacial score (nSPS) is 27.4. The molecular formula is C97H122N20O15. The second-order valence-corrected chi connectivity index (χ2v) is 36.6. The van der Waals surface area contributed by atoms with Gasteiger partial charge in [0.05, 0.1) is 59.1 Å². The molecule has 1 aliphatic carbocycles. The molecule has 2 bridgehead atoms. The first-order chi connectivity index (χ1) is 63.6. The lowest BCUT2D eigenvalue weighted by Gasteiger charge is -2.42. The van der Waals surface area contributed by atoms with Gasteiger partial charge in [0, 0.05) is 203 Å². The Bertz CT molecular complexity index is 5500. The van der Waals surface area contributed by atoms with Crippen LogP contribution in [0, 0.1) is 35.0 Å². The number of hydrogen-bond acceptors (Lipinski definition) is 30. The van der Waals surface area contributed by atoms with E-state index in [0.29, 0.717) is 207 Å². The Hall–Kier alpha value is -12.2. The summed E-state index contributed by atoms with van der Waals surface area (Å²) in [4.78, 5) is 171. The zero-order valence-electron chi connectivity index (χ0n) is 76.5. The molecule has 0 radical (unpaired) electrons. The quantitative estimate of drug-likeness (QED) is 0.0227. The predicted octanol–water partition coefficient (Wildman–Crippen LogP) is 9.65. The summed E-state index contributed by atoms with van der Waals surface area (Å²) in [5.74, 6) is -5.82. The number of pyridine rings is 1. The predicted molar refractivity (Wildman–Crippen MR) is 492 cm³/mol. The van der Waals surface area contributed by atoms with Gasteiger partial charge in [0.1, 0.15) is 53.4 Å². The Morgan fingerprint density at radius 2 is 1.34 bits per heavy atom. The molecule has 0 spiro atoms. The van der Waals surface area contributed by atoms with E-state index in [0.717, 1.165) is 44.6 Å². The summed E-state index contributed by atoms with van der Waals surface area (Å²) >= 11 is 0. The number of ether oxygens (including phenoxy) is 5. The van der Waals surface area contributed by atoms with E-state index in [9.17, 15) is 48.6 Å². The Kier molecular flexibility index (Phi) is 30.5. The zero-order valence-corrected chi connectivity index (χ0v) is 76.5. The number of Topliss-reactive ketones (excluding diaryl/α,β-unsaturated/α-hetero) is 3. The summed E-state index contributed by atoms with van der Waals surface area (Å²) in [6, 6.07) is 8.76. The number of aliphatic hydroxyl groups excluding tert-OH is 1. The summed E-state index contributed by atoms with van der Waals surface area (Å²) in [7, 11) is 3.16. The van der Waals surface area contributed by atoms with Crippen molar-refractivity contribution in [3.05, 3.63) is 178 Å². The molecule has 15 rings (SSSR count). The Balaban J connectivity index is 0.498. The summed E-state index contributed by atoms with van der Waals surface area (Å²) in [5, 5.41) is 36.8. The van der Waals surface area contributed by atoms with Gasteiger partial charge in [-0.25, -0.2) is 54.4 Å². The van der Waals surface area contributed by atoms with Crippen LogP contribution in [0.4, 0.5) is 34.3 Å². The molecule has 700 valence electrons. The molecule has 1 unspecified atom stereocenters. The highest BCUT2D eigenvalue weighted by Gasteiger charge is 2.53. The first-order valence-corrected chi connectivity index (χ1v) is 46.4. The number of aromatic amines is 1. The maximum Gasteiger partial charge on any atom is 0.410 e. The Morgan fingerprint density at radius 3 is 2.07 bits per heavy atom. The fourth-order valence-electron chi connectivity index (χ4n) is 19.2. The van der Waals surface area contributed by atoms with Gasteiger partial charge in [0.15, 0.2) is 0 Å². The number of hydrogen-bond donors (Lipinski definition) is 6. The first kappa shape index (κ1) is 94.5. The van der Waals surface area contributed by atoms with E-state index in [1.165, 1.54) is 11.2 Å². The average molecular weight is 1810 g/mol. The molecule has 5 fully saturated rings. The van der Waals surface area contributed by atoms with Crippen LogP contribution in [0.25, 0.3) is 11.0 Å². The van der Waals surface area contributed by atoms with E-state index in [2.05, 4.69) is 61.1 Å². The van der Waals surface area contributed by atoms with Crippen molar-refractivity contribution in [1.29, 1.82) is 5.41 Å². The highest BCUT2D eigenvalue weighted by atomic mass is 16.6. The summed E-state index contributed by atoms with van der Waals surface area (Å²) < 4.78 is 30.7. The standard InChI is InChI=1S/C97H122N20O15/c1-58-14-10-9-11-15-59(2)81(128-7)46-74-22-17-63(6)97(127,132-74)85(121)91(124)117-29-13-12-16-76(117)92(125)130-73(45-77(118)61(4)41-62(5)79(120)47-78(119)60(3)40-58)23-19-64-20-24-80(82(43-64)129-8)131-96(126)116-31-27-75-72(56-116)54-107-95(110-75)114-38-36-113(37-39-114)94-103-50-70(51-104-94)89(122)111-32-34-112(35-33-111)93-105-52-71(53-106-93)90(123)115-30-26-66-42-65(18-21-68(66)55-115)48-101-88-83(86(99)108-57-109-88)84(98)69-44-67-25-28-100-87(67)102-49-69/h9-11,14-15,18,21,25,28,41-42,44,49-54,57-58,60-61,63-64,73-74,76,79-82,98,120,127H,12-13,16-17,19-20,22-24,26-27,29-40,43,45-48,55-56H2,1-8H3,(H,100,102)(H3,99,101,108,109)/b11-9+,14-10+,59-15+,62-41+,98-84?/t58-,60-,61-,63-,64-,73-,74?,76+,79+,80-,81+,82-,97-/m1/s1. The van der Waals surface area contributed by atoms with Crippen LogP contribution in [0.1, 0.15) is 191 Å². The van der Waals surface area contributed by atoms with Gasteiger partial charge in [0.2, 0.25) is 23.6 Å². The molecule has 1 aromatic carbocycles. The van der Waals surface area contributed by atoms with E-state index in [1.807, 2.05) is 80.3 Å². The minimum Gasteiger partial charge on any atom is -0.460 e. The Morgan fingerprint density at radius 1 is 0.652 bits per heavy atom. The van der Waals surface area contributed by atoms with Crippen molar-refractivity contribution in [3.8, 4) is 0 Å². The van der Waals surface area contributed by atoms with Crippen LogP contribution < -0.4 is 25.8 Å². The van der Waals surface area contributed by atoms with Crippen molar-refractivity contribution in [2.24, 2.45) is 29.6 Å². The number of nitrogens with two attached hydrogens (primary N) is 1. The number of benzene rings is 1. The second kappa shape index (κ2) is 42.6. The van der Waals surface area contributed by atoms with Crippen LogP contribution in [0.2, 0.25) is 0 Å². The zero-order chi connectivity index (χ0) is 93.0. The van der Waals surface area contributed by atoms with Gasteiger partial charge in [-0.3, -0.25) is 34.2 Å². The fourth-order valence-corrected chi connectivity index (χ4v) is 19.2. The van der Waals surface area contributed by atoms with Gasteiger partial charge >= 0.3 is 12.1 Å². The van der Waals surface area contributed by atoms with E-state index in [-0.39, 0.29) is 91.4 Å². The number of nitrogen functional groups attached to an aromatic ring is 1. The number of piperazine rings is 2. The van der Waals surface area contributed by atoms with Gasteiger partial charge in [-0.1, -0.05) is 82.4 Å². The van der Waals surface area contributed by atoms with Crippen molar-refractivity contribution in [3.63, 3.8) is 0 Å². The number of nitrogens with zero attached hydrogens (tertiary/aromatic N) is 16. The molecule has 35 heteroatoms. The number of aromatic nitrogens is 10. The number of piperidine rings is 1. The van der Waals surface area contributed by atoms with Gasteiger partial charge in [-0.15, -0.1) is 0 Å². The number of H-pyrrole nitrogens is 1. The SMILES string of the molecule is CO[C@H]1CC2CC[C@@H](C)[C@@](O)(O2)C(=O)C(=O)N2CCCC[C@H]2C(=O)O[C@H](CC[C@@H]2CC[C@@H](OC(=O)N3CCc4nc(N5CCN(c6ncc(C(=O)N7CCN(c8ncc(C(=O)N9CCc%10cc(CNc%11ncnc(N)c%11C(=N)c%11cnc%12[nH]ccc%12c%11)ccc%10C9)cn8)CC7)cn6)CC5)ncc4C3)[C@H](OC)C2)CC(=O)[C@H](C)/C=C(\C)[C@@H](O)CC(=O)[C@H](C)C[C@H](C)/C=C/C=C/C=C/1C. The van der Waals surface area contributed by atoms with Crippen molar-refractivity contribution in [2.45, 2.75) is 212 Å². The number of aliphatic hydroxyl groups is 2. The van der Waals surface area contributed by atoms with E-state index in [1.54, 1.807) is 99.1 Å². The van der Waals surface area contributed by atoms with Gasteiger partial charge in [-0.2, -0.15) is 0 Å². The molecule has 132 heavy (non-hydrogen) atoms. The average Bonchev–Trinajstić information content (AvgIpc) is 0.829. The van der Waals surface area contributed by atoms with Crippen LogP contribution in [0.3, 0.4) is 0 Å². The topological polar surface area (TPSA) is 440 Å². The molecule has 13 heterocycles. The van der Waals surface area contributed by atoms with Crippen LogP contribution in [0.15, 0.2) is 128 Å². The molecule has 1 saturated carbocycles. The third-order valence-electron chi connectivity index (χ3n) is 27.5. The number of esters is 1. The lowest BCUT2D eigenvalue weighted by atomic mass is 9.81. The number of cyclic esters (lactones) is 1. The third kappa shape index (κ3) is 22.3. The molecule has 8 aliphatic rings. The van der Waals surface area contributed by atoms with Gasteiger partial charge in [0.25, 0.3) is 23.5 Å². The van der Waals surface area contributed by atoms with E-state index in [4.69, 9.17) is 44.8 Å². The van der Waals surface area contributed by atoms with Gasteiger partial charge in [-0.05, 0) is 143 Å². The van der Waals surface area contributed by atoms with Crippen LogP contribution in [-0.4, -0.2) is 267 Å². The number of methoxy groups -OCH3 is 2. The molecule has 13 atom stereocenters. The number of rotatable bonds is 16. The van der Waals surface area contributed by atoms with Crippen molar-refractivity contribution >= 4 is 93.4 Å². The largest absolute Gasteiger partial charge is 0.460 e. The fraction of sp³-hybridized carbons (Fsp3) is 0.526.